The van der Waals surface area contributed by atoms with Gasteiger partial charge < -0.3 is 10.6 Å². The zero-order valence-corrected chi connectivity index (χ0v) is 9.95. The van der Waals surface area contributed by atoms with E-state index in [-0.39, 0.29) is 11.8 Å². The average Bonchev–Trinajstić information content (AvgIpc) is 2.75. The molecule has 2 heterocycles. The van der Waals surface area contributed by atoms with Crippen LogP contribution in [-0.4, -0.2) is 19.0 Å². The van der Waals surface area contributed by atoms with Crippen molar-refractivity contribution in [3.8, 4) is 0 Å². The maximum absolute atomic E-state index is 11.7. The zero-order valence-electron chi connectivity index (χ0n) is 7.55. The number of halogens is 1. The molecule has 1 aliphatic heterocycles. The largest absolute Gasteiger partial charge is 0.317 e. The van der Waals surface area contributed by atoms with E-state index in [2.05, 4.69) is 26.6 Å². The molecule has 0 aromatic carbocycles. The summed E-state index contributed by atoms with van der Waals surface area (Å²) in [5, 5.41) is 7.00. The van der Waals surface area contributed by atoms with Crippen molar-refractivity contribution >= 4 is 38.2 Å². The summed E-state index contributed by atoms with van der Waals surface area (Å²) in [5.41, 5.74) is 0. The highest BCUT2D eigenvalue weighted by Crippen LogP contribution is 2.27. The number of amides is 1. The molecule has 1 aromatic heterocycles. The van der Waals surface area contributed by atoms with E-state index in [4.69, 9.17) is 0 Å². The minimum absolute atomic E-state index is 0.129. The van der Waals surface area contributed by atoms with Crippen LogP contribution in [0.25, 0.3) is 0 Å². The number of nitrogens with one attached hydrogen (secondary N) is 2. The van der Waals surface area contributed by atoms with Gasteiger partial charge in [0.05, 0.1) is 14.7 Å². The summed E-state index contributed by atoms with van der Waals surface area (Å²) in [6.07, 6.45) is 0.943. The van der Waals surface area contributed by atoms with E-state index >= 15 is 0 Å². The van der Waals surface area contributed by atoms with E-state index in [0.717, 1.165) is 28.3 Å². The Labute approximate surface area is 95.0 Å². The predicted molar refractivity (Wildman–Crippen MR) is 61.6 cm³/mol. The number of hydrogen-bond acceptors (Lipinski definition) is 3. The molecule has 0 bridgehead atoms. The minimum Gasteiger partial charge on any atom is -0.317 e. The number of anilines is 1. The van der Waals surface area contributed by atoms with Crippen molar-refractivity contribution < 1.29 is 4.79 Å². The average molecular weight is 275 g/mol. The number of carbonyl (C=O) groups excluding carboxylic acids is 1. The normalized spacial score (nSPS) is 21.1. The molecule has 0 aliphatic carbocycles. The second kappa shape index (κ2) is 4.42. The SMILES string of the molecule is O=C(Nc1ccc(Br)s1)C1CCNC1. The molecule has 1 saturated heterocycles. The van der Waals surface area contributed by atoms with E-state index in [0.29, 0.717) is 0 Å². The summed E-state index contributed by atoms with van der Waals surface area (Å²) < 4.78 is 1.04. The highest BCUT2D eigenvalue weighted by molar-refractivity contribution is 9.11. The topological polar surface area (TPSA) is 41.1 Å². The molecule has 1 fully saturated rings. The van der Waals surface area contributed by atoms with Crippen LogP contribution in [0.4, 0.5) is 5.00 Å². The molecule has 1 unspecified atom stereocenters. The first-order valence-corrected chi connectivity index (χ1v) is 6.13. The Hall–Kier alpha value is -0.390. The molecule has 0 saturated carbocycles. The molecule has 1 amide bonds. The van der Waals surface area contributed by atoms with Gasteiger partial charge in [-0.25, -0.2) is 0 Å². The molecule has 2 rings (SSSR count). The van der Waals surface area contributed by atoms with Crippen molar-refractivity contribution in [3.63, 3.8) is 0 Å². The van der Waals surface area contributed by atoms with E-state index in [1.807, 2.05) is 12.1 Å². The molecular weight excluding hydrogens is 264 g/mol. The molecular formula is C9H11BrN2OS. The number of hydrogen-bond donors (Lipinski definition) is 2. The third kappa shape index (κ3) is 2.34. The highest BCUT2D eigenvalue weighted by atomic mass is 79.9. The summed E-state index contributed by atoms with van der Waals surface area (Å²) in [4.78, 5) is 11.7. The summed E-state index contributed by atoms with van der Waals surface area (Å²) in [5.74, 6) is 0.264. The predicted octanol–water partition coefficient (Wildman–Crippen LogP) is 2.06. The van der Waals surface area contributed by atoms with Gasteiger partial charge in [-0.15, -0.1) is 11.3 Å². The monoisotopic (exact) mass is 274 g/mol. The van der Waals surface area contributed by atoms with Crippen LogP contribution >= 0.6 is 27.3 Å². The molecule has 76 valence electrons. The summed E-state index contributed by atoms with van der Waals surface area (Å²) in [6.45, 7) is 1.75. The third-order valence-electron chi connectivity index (χ3n) is 2.25. The second-order valence-electron chi connectivity index (χ2n) is 3.28. The van der Waals surface area contributed by atoms with E-state index in [1.165, 1.54) is 11.3 Å². The van der Waals surface area contributed by atoms with E-state index in [9.17, 15) is 4.79 Å². The van der Waals surface area contributed by atoms with Gasteiger partial charge in [0.2, 0.25) is 5.91 Å². The number of rotatable bonds is 2. The molecule has 1 atom stereocenters. The fraction of sp³-hybridized carbons (Fsp3) is 0.444. The van der Waals surface area contributed by atoms with Crippen LogP contribution in [0.15, 0.2) is 15.9 Å². The van der Waals surface area contributed by atoms with Gasteiger partial charge in [-0.2, -0.15) is 0 Å². The van der Waals surface area contributed by atoms with Crippen molar-refractivity contribution in [2.24, 2.45) is 5.92 Å². The molecule has 3 nitrogen and oxygen atoms in total. The Morgan fingerprint density at radius 3 is 3.07 bits per heavy atom. The van der Waals surface area contributed by atoms with Crippen molar-refractivity contribution in [3.05, 3.63) is 15.9 Å². The van der Waals surface area contributed by atoms with Gasteiger partial charge in [0.25, 0.3) is 0 Å². The zero-order chi connectivity index (χ0) is 9.97. The van der Waals surface area contributed by atoms with Crippen LogP contribution in [0.5, 0.6) is 0 Å². The van der Waals surface area contributed by atoms with Gasteiger partial charge in [0.1, 0.15) is 0 Å². The Kier molecular flexibility index (Phi) is 3.20. The Bertz CT molecular complexity index is 333. The molecule has 0 spiro atoms. The summed E-state index contributed by atoms with van der Waals surface area (Å²) in [7, 11) is 0. The number of thiophene rings is 1. The molecule has 1 aromatic rings. The van der Waals surface area contributed by atoms with Gasteiger partial charge in [-0.3, -0.25) is 4.79 Å². The molecule has 14 heavy (non-hydrogen) atoms. The second-order valence-corrected chi connectivity index (χ2v) is 5.75. The van der Waals surface area contributed by atoms with Gasteiger partial charge in [0.15, 0.2) is 0 Å². The number of carbonyl (C=O) groups is 1. The van der Waals surface area contributed by atoms with Crippen LogP contribution in [-0.2, 0) is 4.79 Å². The lowest BCUT2D eigenvalue weighted by atomic mass is 10.1. The Morgan fingerprint density at radius 1 is 1.64 bits per heavy atom. The third-order valence-corrected chi connectivity index (χ3v) is 3.79. The molecule has 1 aliphatic rings. The van der Waals surface area contributed by atoms with Crippen LogP contribution < -0.4 is 10.6 Å². The van der Waals surface area contributed by atoms with Crippen LogP contribution in [0.3, 0.4) is 0 Å². The molecule has 2 N–H and O–H groups in total. The van der Waals surface area contributed by atoms with E-state index < -0.39 is 0 Å². The first-order chi connectivity index (χ1) is 6.75. The van der Waals surface area contributed by atoms with Crippen LogP contribution in [0.2, 0.25) is 0 Å². The summed E-state index contributed by atoms with van der Waals surface area (Å²) >= 11 is 4.90. The maximum atomic E-state index is 11.7. The Morgan fingerprint density at radius 2 is 2.50 bits per heavy atom. The molecule has 5 heteroatoms. The summed E-state index contributed by atoms with van der Waals surface area (Å²) in [6, 6.07) is 3.85. The lowest BCUT2D eigenvalue weighted by Crippen LogP contribution is -2.24. The fourth-order valence-corrected chi connectivity index (χ4v) is 2.77. The lowest BCUT2D eigenvalue weighted by molar-refractivity contribution is -0.119. The van der Waals surface area contributed by atoms with Crippen LogP contribution in [0, 0.1) is 5.92 Å². The first kappa shape index (κ1) is 10.1. The van der Waals surface area contributed by atoms with Gasteiger partial charge in [0, 0.05) is 6.54 Å². The quantitative estimate of drug-likeness (QED) is 0.867. The molecule has 0 radical (unpaired) electrons. The smallest absolute Gasteiger partial charge is 0.229 e. The van der Waals surface area contributed by atoms with Crippen molar-refractivity contribution in [1.29, 1.82) is 0 Å². The maximum Gasteiger partial charge on any atom is 0.229 e. The Balaban J connectivity index is 1.93. The van der Waals surface area contributed by atoms with Crippen molar-refractivity contribution in [1.82, 2.24) is 5.32 Å². The fourth-order valence-electron chi connectivity index (χ4n) is 1.48. The van der Waals surface area contributed by atoms with Crippen molar-refractivity contribution in [2.75, 3.05) is 18.4 Å². The minimum atomic E-state index is 0.129. The van der Waals surface area contributed by atoms with Gasteiger partial charge >= 0.3 is 0 Å². The standard InChI is InChI=1S/C9H11BrN2OS/c10-7-1-2-8(14-7)12-9(13)6-3-4-11-5-6/h1-2,6,11H,3-5H2,(H,12,13). The van der Waals surface area contributed by atoms with Gasteiger partial charge in [-0.05, 0) is 41.0 Å². The van der Waals surface area contributed by atoms with E-state index in [1.54, 1.807) is 0 Å². The van der Waals surface area contributed by atoms with Crippen molar-refractivity contribution in [2.45, 2.75) is 6.42 Å². The van der Waals surface area contributed by atoms with Gasteiger partial charge in [-0.1, -0.05) is 0 Å². The lowest BCUT2D eigenvalue weighted by Gasteiger charge is -2.07. The highest BCUT2D eigenvalue weighted by Gasteiger charge is 2.22. The first-order valence-electron chi connectivity index (χ1n) is 4.52. The van der Waals surface area contributed by atoms with Crippen LogP contribution in [0.1, 0.15) is 6.42 Å².